The number of ether oxygens (including phenoxy) is 1. The van der Waals surface area contributed by atoms with Gasteiger partial charge in [0.25, 0.3) is 0 Å². The summed E-state index contributed by atoms with van der Waals surface area (Å²) in [6.45, 7) is -0.213. The third-order valence-electron chi connectivity index (χ3n) is 6.97. The molecule has 0 saturated carbocycles. The van der Waals surface area contributed by atoms with Crippen LogP contribution in [0.5, 0.6) is 0 Å². The number of hydrogen-bond donors (Lipinski definition) is 3. The fourth-order valence-electron chi connectivity index (χ4n) is 5.10. The highest BCUT2D eigenvalue weighted by Crippen LogP contribution is 2.37. The van der Waals surface area contributed by atoms with Crippen molar-refractivity contribution >= 4 is 22.8 Å². The van der Waals surface area contributed by atoms with E-state index in [1.165, 1.54) is 7.11 Å². The molecule has 1 amide bonds. The Labute approximate surface area is 228 Å². The highest BCUT2D eigenvalue weighted by molar-refractivity contribution is 5.87. The maximum atomic E-state index is 13.8. The van der Waals surface area contributed by atoms with E-state index in [0.29, 0.717) is 6.42 Å². The molecule has 0 bridgehead atoms. The number of carbonyl (C=O) groups is 2. The van der Waals surface area contributed by atoms with E-state index in [9.17, 15) is 9.59 Å². The monoisotopic (exact) mass is 517 g/mol. The van der Waals surface area contributed by atoms with Gasteiger partial charge in [0.2, 0.25) is 5.91 Å². The largest absolute Gasteiger partial charge is 0.468 e. The minimum atomic E-state index is -0.858. The fraction of sp³-hybridized carbons (Fsp3) is 0.152. The van der Waals surface area contributed by atoms with Gasteiger partial charge in [0.1, 0.15) is 6.54 Å². The van der Waals surface area contributed by atoms with Gasteiger partial charge in [-0.3, -0.25) is 14.9 Å². The first-order valence-electron chi connectivity index (χ1n) is 13.0. The summed E-state index contributed by atoms with van der Waals surface area (Å²) >= 11 is 0. The lowest BCUT2D eigenvalue weighted by Gasteiger charge is -2.39. The molecule has 0 fully saturated rings. The Hall–Kier alpha value is -4.68. The molecule has 5 rings (SSSR count). The third-order valence-corrected chi connectivity index (χ3v) is 6.97. The summed E-state index contributed by atoms with van der Waals surface area (Å²) in [5.41, 5.74) is 4.02. The molecule has 0 unspecified atom stereocenters. The fourth-order valence-corrected chi connectivity index (χ4v) is 5.10. The van der Waals surface area contributed by atoms with Crippen LogP contribution in [0, 0.1) is 0 Å². The van der Waals surface area contributed by atoms with E-state index < -0.39 is 17.6 Å². The second-order valence-electron chi connectivity index (χ2n) is 9.42. The van der Waals surface area contributed by atoms with Crippen LogP contribution in [0.25, 0.3) is 10.9 Å². The van der Waals surface area contributed by atoms with Gasteiger partial charge in [-0.2, -0.15) is 0 Å². The molecule has 4 aromatic carbocycles. The number of nitrogens with one attached hydrogen (secondary N) is 3. The molecule has 5 aromatic rings. The van der Waals surface area contributed by atoms with Crippen molar-refractivity contribution in [3.8, 4) is 0 Å². The average molecular weight is 518 g/mol. The van der Waals surface area contributed by atoms with Crippen LogP contribution in [0.2, 0.25) is 0 Å². The Kier molecular flexibility index (Phi) is 7.85. The molecular formula is C33H31N3O3. The molecule has 0 aliphatic heterocycles. The van der Waals surface area contributed by atoms with Crippen LogP contribution in [0.1, 0.15) is 22.4 Å². The van der Waals surface area contributed by atoms with Gasteiger partial charge in [0, 0.05) is 17.6 Å². The van der Waals surface area contributed by atoms with Crippen LogP contribution in [-0.2, 0) is 26.3 Å². The molecule has 1 aromatic heterocycles. The number of methoxy groups -OCH3 is 1. The Balaban J connectivity index is 1.63. The van der Waals surface area contributed by atoms with E-state index in [1.54, 1.807) is 0 Å². The van der Waals surface area contributed by atoms with E-state index in [4.69, 9.17) is 4.74 Å². The van der Waals surface area contributed by atoms with Gasteiger partial charge < -0.3 is 15.0 Å². The molecule has 39 heavy (non-hydrogen) atoms. The van der Waals surface area contributed by atoms with Crippen LogP contribution in [0.4, 0.5) is 0 Å². The number of rotatable bonds is 10. The van der Waals surface area contributed by atoms with Gasteiger partial charge in [-0.05, 0) is 34.2 Å². The number of benzene rings is 4. The van der Waals surface area contributed by atoms with Crippen LogP contribution < -0.4 is 10.6 Å². The molecule has 6 heteroatoms. The summed E-state index contributed by atoms with van der Waals surface area (Å²) in [4.78, 5) is 29.1. The van der Waals surface area contributed by atoms with E-state index >= 15 is 0 Å². The summed E-state index contributed by atoms with van der Waals surface area (Å²) in [6, 6.07) is 39.7. The Bertz CT molecular complexity index is 1400. The van der Waals surface area contributed by atoms with Crippen molar-refractivity contribution in [3.63, 3.8) is 0 Å². The number of esters is 1. The smallest absolute Gasteiger partial charge is 0.325 e. The summed E-state index contributed by atoms with van der Waals surface area (Å²) in [7, 11) is 1.31. The number of para-hydroxylation sites is 1. The number of carbonyl (C=O) groups excluding carboxylic acids is 2. The summed E-state index contributed by atoms with van der Waals surface area (Å²) in [5, 5.41) is 7.61. The third kappa shape index (κ3) is 5.61. The van der Waals surface area contributed by atoms with Crippen molar-refractivity contribution in [2.24, 2.45) is 0 Å². The molecule has 0 spiro atoms. The topological polar surface area (TPSA) is 83.2 Å². The molecule has 196 valence electrons. The minimum absolute atomic E-state index is 0.213. The van der Waals surface area contributed by atoms with Crippen molar-refractivity contribution in [1.29, 1.82) is 0 Å². The highest BCUT2D eigenvalue weighted by Gasteiger charge is 2.40. The summed E-state index contributed by atoms with van der Waals surface area (Å²) in [5.74, 6) is -0.806. The zero-order valence-electron chi connectivity index (χ0n) is 21.8. The predicted molar refractivity (Wildman–Crippen MR) is 153 cm³/mol. The molecule has 0 radical (unpaired) electrons. The quantitative estimate of drug-likeness (QED) is 0.181. The Morgan fingerprint density at radius 2 is 1.28 bits per heavy atom. The summed E-state index contributed by atoms with van der Waals surface area (Å²) in [6.07, 6.45) is 0.371. The zero-order chi connectivity index (χ0) is 27.1. The van der Waals surface area contributed by atoms with Gasteiger partial charge in [-0.1, -0.05) is 109 Å². The highest BCUT2D eigenvalue weighted by atomic mass is 16.5. The maximum Gasteiger partial charge on any atom is 0.325 e. The summed E-state index contributed by atoms with van der Waals surface area (Å²) < 4.78 is 4.77. The number of aromatic nitrogens is 1. The van der Waals surface area contributed by atoms with Crippen LogP contribution in [0.3, 0.4) is 0 Å². The Morgan fingerprint density at radius 3 is 1.79 bits per heavy atom. The van der Waals surface area contributed by atoms with E-state index in [1.807, 2.05) is 78.9 Å². The van der Waals surface area contributed by atoms with E-state index in [0.717, 1.165) is 33.3 Å². The second-order valence-corrected chi connectivity index (χ2v) is 9.42. The molecule has 1 heterocycles. The van der Waals surface area contributed by atoms with Crippen molar-refractivity contribution < 1.29 is 14.3 Å². The normalized spacial score (nSPS) is 12.1. The lowest BCUT2D eigenvalue weighted by Crippen LogP contribution is -2.56. The maximum absolute atomic E-state index is 13.8. The lowest BCUT2D eigenvalue weighted by atomic mass is 9.76. The zero-order valence-corrected chi connectivity index (χ0v) is 21.8. The molecular weight excluding hydrogens is 486 g/mol. The molecule has 3 N–H and O–H groups in total. The van der Waals surface area contributed by atoms with E-state index in [-0.39, 0.29) is 12.5 Å². The van der Waals surface area contributed by atoms with Crippen molar-refractivity contribution in [2.45, 2.75) is 18.0 Å². The van der Waals surface area contributed by atoms with Crippen LogP contribution >= 0.6 is 0 Å². The van der Waals surface area contributed by atoms with Crippen molar-refractivity contribution in [2.75, 3.05) is 13.7 Å². The average Bonchev–Trinajstić information content (AvgIpc) is 3.41. The molecule has 1 atom stereocenters. The van der Waals surface area contributed by atoms with Crippen LogP contribution in [-0.4, -0.2) is 36.6 Å². The standard InChI is InChI=1S/C33H31N3O3/c1-39-31(37)23-34-32(38)30(22-28-21-24-13-11-12-20-29(24)35-28)36-33(25-14-5-2-6-15-25,26-16-7-3-8-17-26)27-18-9-4-10-19-27/h2-21,30,35-36H,22-23H2,1H3,(H,34,38)/t30-/m0/s1. The lowest BCUT2D eigenvalue weighted by molar-refractivity contribution is -0.141. The van der Waals surface area contributed by atoms with Gasteiger partial charge in [0.15, 0.2) is 0 Å². The van der Waals surface area contributed by atoms with Crippen molar-refractivity contribution in [1.82, 2.24) is 15.6 Å². The first kappa shape index (κ1) is 25.9. The first-order chi connectivity index (χ1) is 19.1. The molecule has 6 nitrogen and oxygen atoms in total. The molecule has 0 aliphatic rings. The molecule has 0 aliphatic carbocycles. The van der Waals surface area contributed by atoms with Crippen molar-refractivity contribution in [3.05, 3.63) is 144 Å². The minimum Gasteiger partial charge on any atom is -0.468 e. The number of amides is 1. The number of hydrogen-bond acceptors (Lipinski definition) is 4. The second kappa shape index (κ2) is 11.8. The van der Waals surface area contributed by atoms with Crippen LogP contribution in [0.15, 0.2) is 121 Å². The van der Waals surface area contributed by atoms with Gasteiger partial charge in [0.05, 0.1) is 18.7 Å². The van der Waals surface area contributed by atoms with Gasteiger partial charge in [-0.25, -0.2) is 0 Å². The van der Waals surface area contributed by atoms with Gasteiger partial charge >= 0.3 is 5.97 Å². The first-order valence-corrected chi connectivity index (χ1v) is 13.0. The van der Waals surface area contributed by atoms with Gasteiger partial charge in [-0.15, -0.1) is 0 Å². The number of fused-ring (bicyclic) bond motifs is 1. The number of aromatic amines is 1. The Morgan fingerprint density at radius 1 is 0.769 bits per heavy atom. The predicted octanol–water partition coefficient (Wildman–Crippen LogP) is 4.95. The SMILES string of the molecule is COC(=O)CNC(=O)[C@H](Cc1cc2ccccc2[nH]1)NC(c1ccccc1)(c1ccccc1)c1ccccc1. The number of H-pyrrole nitrogens is 1. The van der Waals surface area contributed by atoms with E-state index in [2.05, 4.69) is 58.1 Å². The molecule has 0 saturated heterocycles.